The average Bonchev–Trinajstić information content (AvgIpc) is 2.90. The van der Waals surface area contributed by atoms with E-state index >= 15 is 0 Å². The maximum atomic E-state index is 11.7. The van der Waals surface area contributed by atoms with Crippen LogP contribution in [0.1, 0.15) is 106 Å². The first-order valence-electron chi connectivity index (χ1n) is 14.2. The van der Waals surface area contributed by atoms with E-state index in [9.17, 15) is 19.2 Å². The standard InChI is InChI=1S/C16H30O6.C12H23NO5/c1-4-16(2,3)15(19)20-11-8-9-13-22-21-12-7-5-6-10-14(17)18;1-4-12(2,3)11(16)13-7-9-18-17-8-5-6-10(14)15/h4-13H2,1-3H3,(H,17,18);4-9H2,1-3H3,(H,13,16)(H,14,15). The lowest BCUT2D eigenvalue weighted by molar-refractivity contribution is -0.295. The Morgan fingerprint density at radius 3 is 1.57 bits per heavy atom. The number of aliphatic carboxylic acids is 2. The van der Waals surface area contributed by atoms with E-state index in [0.29, 0.717) is 39.2 Å². The van der Waals surface area contributed by atoms with Crippen molar-refractivity contribution in [1.29, 1.82) is 0 Å². The van der Waals surface area contributed by atoms with Gasteiger partial charge in [-0.25, -0.2) is 19.6 Å². The number of hydrogen-bond acceptors (Lipinski definition) is 9. The quantitative estimate of drug-likeness (QED) is 0.0628. The maximum Gasteiger partial charge on any atom is 0.311 e. The number of rotatable bonds is 24. The van der Waals surface area contributed by atoms with Gasteiger partial charge in [-0.2, -0.15) is 0 Å². The van der Waals surface area contributed by atoms with E-state index in [-0.39, 0.29) is 43.3 Å². The monoisotopic (exact) mass is 579 g/mol. The highest BCUT2D eigenvalue weighted by Crippen LogP contribution is 2.21. The van der Waals surface area contributed by atoms with Gasteiger partial charge in [-0.1, -0.05) is 34.1 Å². The number of carboxylic acids is 2. The summed E-state index contributed by atoms with van der Waals surface area (Å²) in [7, 11) is 0. The second kappa shape index (κ2) is 24.5. The number of esters is 1. The van der Waals surface area contributed by atoms with Gasteiger partial charge in [0.15, 0.2) is 0 Å². The minimum Gasteiger partial charge on any atom is -0.481 e. The average molecular weight is 580 g/mol. The smallest absolute Gasteiger partial charge is 0.311 e. The van der Waals surface area contributed by atoms with Gasteiger partial charge in [0.05, 0.1) is 38.4 Å². The van der Waals surface area contributed by atoms with Gasteiger partial charge < -0.3 is 20.3 Å². The Bertz CT molecular complexity index is 696. The molecule has 0 rings (SSSR count). The first-order chi connectivity index (χ1) is 18.8. The minimum atomic E-state index is -0.854. The predicted molar refractivity (Wildman–Crippen MR) is 148 cm³/mol. The van der Waals surface area contributed by atoms with Gasteiger partial charge in [-0.15, -0.1) is 0 Å². The summed E-state index contributed by atoms with van der Waals surface area (Å²) < 4.78 is 5.21. The SMILES string of the molecule is CCC(C)(C)C(=O)NCCOOCCCC(=O)O.CCC(C)(C)C(=O)OCCCCOOCCCCCC(=O)O. The normalized spacial score (nSPS) is 11.3. The second-order valence-corrected chi connectivity index (χ2v) is 10.6. The second-order valence-electron chi connectivity index (χ2n) is 10.6. The van der Waals surface area contributed by atoms with Gasteiger partial charge in [0.2, 0.25) is 5.91 Å². The number of carboxylic acid groups (broad SMARTS) is 2. The molecule has 0 saturated heterocycles. The van der Waals surface area contributed by atoms with Crippen molar-refractivity contribution in [2.24, 2.45) is 10.8 Å². The molecule has 236 valence electrons. The van der Waals surface area contributed by atoms with Crippen molar-refractivity contribution in [3.05, 3.63) is 0 Å². The number of ether oxygens (including phenoxy) is 1. The Hall–Kier alpha value is -2.28. The molecule has 40 heavy (non-hydrogen) atoms. The molecule has 0 radical (unpaired) electrons. The summed E-state index contributed by atoms with van der Waals surface area (Å²) in [5, 5.41) is 19.6. The molecule has 0 aliphatic rings. The zero-order chi connectivity index (χ0) is 30.9. The molecule has 0 aromatic heterocycles. The van der Waals surface area contributed by atoms with E-state index in [1.807, 2.05) is 41.5 Å². The number of carbonyl (C=O) groups excluding carboxylic acids is 2. The number of carbonyl (C=O) groups is 4. The topological polar surface area (TPSA) is 167 Å². The molecule has 0 aliphatic heterocycles. The van der Waals surface area contributed by atoms with Crippen LogP contribution in [0.4, 0.5) is 0 Å². The van der Waals surface area contributed by atoms with Crippen molar-refractivity contribution in [3.8, 4) is 0 Å². The van der Waals surface area contributed by atoms with E-state index in [4.69, 9.17) is 34.5 Å². The molecule has 0 bridgehead atoms. The van der Waals surface area contributed by atoms with Crippen LogP contribution >= 0.6 is 0 Å². The van der Waals surface area contributed by atoms with Crippen LogP contribution in [-0.2, 0) is 43.5 Å². The zero-order valence-corrected chi connectivity index (χ0v) is 25.4. The molecule has 1 amide bonds. The lowest BCUT2D eigenvalue weighted by Crippen LogP contribution is -2.38. The van der Waals surface area contributed by atoms with E-state index in [0.717, 1.165) is 38.5 Å². The summed E-state index contributed by atoms with van der Waals surface area (Å²) >= 11 is 0. The fourth-order valence-corrected chi connectivity index (χ4v) is 2.51. The lowest BCUT2D eigenvalue weighted by atomic mass is 9.89. The third kappa shape index (κ3) is 24.7. The van der Waals surface area contributed by atoms with Gasteiger partial charge >= 0.3 is 17.9 Å². The number of hydrogen-bond donors (Lipinski definition) is 3. The van der Waals surface area contributed by atoms with E-state index in [2.05, 4.69) is 5.32 Å². The Kier molecular flexibility index (Phi) is 24.4. The molecule has 0 aliphatic carbocycles. The van der Waals surface area contributed by atoms with Crippen LogP contribution < -0.4 is 5.32 Å². The molecule has 0 unspecified atom stereocenters. The minimum absolute atomic E-state index is 0.0144. The molecule has 0 spiro atoms. The van der Waals surface area contributed by atoms with Gasteiger partial charge in [0.1, 0.15) is 0 Å². The molecule has 0 atom stereocenters. The van der Waals surface area contributed by atoms with Gasteiger partial charge in [0.25, 0.3) is 0 Å². The summed E-state index contributed by atoms with van der Waals surface area (Å²) in [6, 6.07) is 0. The number of unbranched alkanes of at least 4 members (excludes halogenated alkanes) is 3. The third-order valence-corrected chi connectivity index (χ3v) is 6.16. The predicted octanol–water partition coefficient (Wildman–Crippen LogP) is 4.69. The van der Waals surface area contributed by atoms with Gasteiger partial charge in [-0.05, 0) is 58.8 Å². The first kappa shape index (κ1) is 39.9. The number of amides is 1. The number of nitrogens with one attached hydrogen (secondary N) is 1. The van der Waals surface area contributed by atoms with Gasteiger partial charge in [0, 0.05) is 24.8 Å². The largest absolute Gasteiger partial charge is 0.481 e. The molecule has 0 aromatic carbocycles. The van der Waals surface area contributed by atoms with Crippen molar-refractivity contribution in [2.75, 3.05) is 39.6 Å². The van der Waals surface area contributed by atoms with Crippen LogP contribution in [0.3, 0.4) is 0 Å². The highest BCUT2D eigenvalue weighted by atomic mass is 17.2. The fourth-order valence-electron chi connectivity index (χ4n) is 2.51. The molecule has 12 heteroatoms. The van der Waals surface area contributed by atoms with Crippen molar-refractivity contribution < 1.29 is 53.7 Å². The highest BCUT2D eigenvalue weighted by Gasteiger charge is 2.26. The summed E-state index contributed by atoms with van der Waals surface area (Å²) in [5.41, 5.74) is -0.789. The Balaban J connectivity index is 0. The molecule has 0 saturated carbocycles. The summed E-state index contributed by atoms with van der Waals surface area (Å²) in [5.74, 6) is -1.79. The van der Waals surface area contributed by atoms with Crippen LogP contribution in [0.2, 0.25) is 0 Å². The highest BCUT2D eigenvalue weighted by molar-refractivity contribution is 5.81. The summed E-state index contributed by atoms with van der Waals surface area (Å²) in [6.07, 6.45) is 5.98. The van der Waals surface area contributed by atoms with E-state index < -0.39 is 17.4 Å². The first-order valence-corrected chi connectivity index (χ1v) is 14.2. The van der Waals surface area contributed by atoms with Crippen molar-refractivity contribution in [3.63, 3.8) is 0 Å². The zero-order valence-electron chi connectivity index (χ0n) is 25.4. The summed E-state index contributed by atoms with van der Waals surface area (Å²) in [4.78, 5) is 63.3. The Morgan fingerprint density at radius 2 is 1.05 bits per heavy atom. The molecule has 0 heterocycles. The van der Waals surface area contributed by atoms with Crippen molar-refractivity contribution >= 4 is 23.8 Å². The third-order valence-electron chi connectivity index (χ3n) is 6.16. The molecule has 12 nitrogen and oxygen atoms in total. The maximum absolute atomic E-state index is 11.7. The van der Waals surface area contributed by atoms with E-state index in [1.165, 1.54) is 0 Å². The van der Waals surface area contributed by atoms with Crippen LogP contribution in [0.25, 0.3) is 0 Å². The molecular formula is C28H53NO11. The van der Waals surface area contributed by atoms with Crippen LogP contribution in [0.5, 0.6) is 0 Å². The van der Waals surface area contributed by atoms with Crippen LogP contribution in [-0.4, -0.2) is 73.6 Å². The fraction of sp³-hybridized carbons (Fsp3) is 0.857. The van der Waals surface area contributed by atoms with E-state index in [1.54, 1.807) is 0 Å². The molecular weight excluding hydrogens is 526 g/mol. The van der Waals surface area contributed by atoms with Crippen molar-refractivity contribution in [2.45, 2.75) is 106 Å². The lowest BCUT2D eigenvalue weighted by Gasteiger charge is -2.21. The molecule has 0 aromatic rings. The Morgan fingerprint density at radius 1 is 0.600 bits per heavy atom. The van der Waals surface area contributed by atoms with Gasteiger partial charge in [-0.3, -0.25) is 19.2 Å². The summed E-state index contributed by atoms with van der Waals surface area (Å²) in [6.45, 7) is 13.6. The van der Waals surface area contributed by atoms with Crippen LogP contribution in [0, 0.1) is 10.8 Å². The molecule has 3 N–H and O–H groups in total. The Labute approximate surface area is 239 Å². The van der Waals surface area contributed by atoms with Crippen LogP contribution in [0.15, 0.2) is 0 Å². The van der Waals surface area contributed by atoms with Crippen molar-refractivity contribution in [1.82, 2.24) is 5.32 Å². The molecule has 0 fully saturated rings.